The zero-order valence-electron chi connectivity index (χ0n) is 9.07. The van der Waals surface area contributed by atoms with Crippen molar-refractivity contribution in [2.45, 2.75) is 6.42 Å². The molecule has 1 aromatic rings. The summed E-state index contributed by atoms with van der Waals surface area (Å²) in [5.74, 6) is -0.732. The highest BCUT2D eigenvalue weighted by molar-refractivity contribution is 5.69. The lowest BCUT2D eigenvalue weighted by Gasteiger charge is -2.39. The maximum Gasteiger partial charge on any atom is 0.303 e. The van der Waals surface area contributed by atoms with Crippen LogP contribution in [-0.2, 0) is 4.79 Å². The number of hydrogen-bond donors (Lipinski definition) is 1. The van der Waals surface area contributed by atoms with Crippen LogP contribution < -0.4 is 4.90 Å². The number of para-hydroxylation sites is 2. The first-order valence-electron chi connectivity index (χ1n) is 5.28. The minimum atomic E-state index is -0.822. The molecule has 1 aliphatic rings. The fourth-order valence-corrected chi connectivity index (χ4v) is 2.03. The number of carbonyl (C=O) groups is 1. The maximum atomic E-state index is 10.8. The second-order valence-corrected chi connectivity index (χ2v) is 4.11. The first-order valence-corrected chi connectivity index (χ1v) is 5.28. The Morgan fingerprint density at radius 3 is 2.71 bits per heavy atom. The van der Waals surface area contributed by atoms with E-state index in [4.69, 9.17) is 5.11 Å². The average Bonchev–Trinajstić information content (AvgIpc) is 2.22. The molecule has 17 heavy (non-hydrogen) atoms. The normalized spacial score (nSPS) is 15.4. The molecule has 1 heterocycles. The molecule has 0 spiro atoms. The fraction of sp³-hybridized carbons (Fsp3) is 0.364. The number of carboxylic acids is 1. The van der Waals surface area contributed by atoms with Gasteiger partial charge in [-0.25, -0.2) is 0 Å². The Hall–Kier alpha value is -2.11. The SMILES string of the molecule is O=C(O)CC1CN(c2ccccc2[N+](=O)[O-])C1. The summed E-state index contributed by atoms with van der Waals surface area (Å²) in [5.41, 5.74) is 0.639. The van der Waals surface area contributed by atoms with Gasteiger partial charge in [-0.1, -0.05) is 12.1 Å². The predicted molar refractivity (Wildman–Crippen MR) is 61.1 cm³/mol. The molecule has 90 valence electrons. The Kier molecular flexibility index (Phi) is 2.95. The van der Waals surface area contributed by atoms with E-state index < -0.39 is 10.9 Å². The minimum absolute atomic E-state index is 0.0706. The molecule has 6 nitrogen and oxygen atoms in total. The zero-order chi connectivity index (χ0) is 12.4. The van der Waals surface area contributed by atoms with Crippen LogP contribution >= 0.6 is 0 Å². The average molecular weight is 236 g/mol. The number of rotatable bonds is 4. The summed E-state index contributed by atoms with van der Waals surface area (Å²) in [4.78, 5) is 22.7. The summed E-state index contributed by atoms with van der Waals surface area (Å²) in [6.45, 7) is 1.13. The summed E-state index contributed by atoms with van der Waals surface area (Å²) in [6, 6.07) is 6.51. The van der Waals surface area contributed by atoms with Crippen LogP contribution in [0.1, 0.15) is 6.42 Å². The van der Waals surface area contributed by atoms with Gasteiger partial charge in [0.25, 0.3) is 5.69 Å². The van der Waals surface area contributed by atoms with Crippen LogP contribution in [0, 0.1) is 16.0 Å². The van der Waals surface area contributed by atoms with Crippen LogP contribution in [0.3, 0.4) is 0 Å². The lowest BCUT2D eigenvalue weighted by Crippen LogP contribution is -2.47. The van der Waals surface area contributed by atoms with Gasteiger partial charge in [0, 0.05) is 25.1 Å². The van der Waals surface area contributed by atoms with E-state index in [1.807, 2.05) is 4.90 Å². The van der Waals surface area contributed by atoms with Crippen LogP contribution in [0.25, 0.3) is 0 Å². The molecule has 0 radical (unpaired) electrons. The number of hydrogen-bond acceptors (Lipinski definition) is 4. The standard InChI is InChI=1S/C11H12N2O4/c14-11(15)5-8-6-12(7-8)9-3-1-2-4-10(9)13(16)17/h1-4,8H,5-7H2,(H,14,15). The third kappa shape index (κ3) is 2.35. The summed E-state index contributed by atoms with van der Waals surface area (Å²) in [7, 11) is 0. The molecule has 0 aliphatic carbocycles. The molecule has 2 rings (SSSR count). The highest BCUT2D eigenvalue weighted by Crippen LogP contribution is 2.33. The van der Waals surface area contributed by atoms with Crippen molar-refractivity contribution >= 4 is 17.3 Å². The van der Waals surface area contributed by atoms with E-state index in [0.717, 1.165) is 0 Å². The van der Waals surface area contributed by atoms with E-state index in [9.17, 15) is 14.9 Å². The Balaban J connectivity index is 2.06. The topological polar surface area (TPSA) is 83.7 Å². The molecule has 0 aromatic heterocycles. The Labute approximate surface area is 97.6 Å². The van der Waals surface area contributed by atoms with Crippen LogP contribution in [-0.4, -0.2) is 29.1 Å². The third-order valence-corrected chi connectivity index (χ3v) is 2.84. The summed E-state index contributed by atoms with van der Waals surface area (Å²) in [6.07, 6.45) is 0.122. The Bertz CT molecular complexity index is 455. The molecule has 0 unspecified atom stereocenters. The van der Waals surface area contributed by atoms with Crippen LogP contribution in [0.15, 0.2) is 24.3 Å². The van der Waals surface area contributed by atoms with E-state index in [1.165, 1.54) is 6.07 Å². The van der Waals surface area contributed by atoms with Crippen LogP contribution in [0.2, 0.25) is 0 Å². The number of aliphatic carboxylic acids is 1. The second kappa shape index (κ2) is 4.40. The molecule has 1 aromatic carbocycles. The lowest BCUT2D eigenvalue weighted by molar-refractivity contribution is -0.384. The van der Waals surface area contributed by atoms with Crippen molar-refractivity contribution < 1.29 is 14.8 Å². The van der Waals surface area contributed by atoms with Crippen molar-refractivity contribution in [3.63, 3.8) is 0 Å². The van der Waals surface area contributed by atoms with Gasteiger partial charge in [0.15, 0.2) is 0 Å². The van der Waals surface area contributed by atoms with Crippen molar-refractivity contribution in [1.82, 2.24) is 0 Å². The molecule has 1 saturated heterocycles. The number of anilines is 1. The highest BCUT2D eigenvalue weighted by Gasteiger charge is 2.32. The van der Waals surface area contributed by atoms with Crippen LogP contribution in [0.4, 0.5) is 11.4 Å². The quantitative estimate of drug-likeness (QED) is 0.632. The predicted octanol–water partition coefficient (Wildman–Crippen LogP) is 1.51. The van der Waals surface area contributed by atoms with Gasteiger partial charge in [0.2, 0.25) is 0 Å². The first-order chi connectivity index (χ1) is 8.08. The zero-order valence-corrected chi connectivity index (χ0v) is 9.07. The highest BCUT2D eigenvalue weighted by atomic mass is 16.6. The van der Waals surface area contributed by atoms with Crippen molar-refractivity contribution in [1.29, 1.82) is 0 Å². The largest absolute Gasteiger partial charge is 0.481 e. The van der Waals surface area contributed by atoms with Gasteiger partial charge in [-0.05, 0) is 6.07 Å². The van der Waals surface area contributed by atoms with Gasteiger partial charge in [-0.3, -0.25) is 14.9 Å². The molecule has 1 aliphatic heterocycles. The molecule has 0 atom stereocenters. The smallest absolute Gasteiger partial charge is 0.303 e. The molecule has 0 saturated carbocycles. The van der Waals surface area contributed by atoms with Gasteiger partial charge in [-0.15, -0.1) is 0 Å². The lowest BCUT2D eigenvalue weighted by atomic mass is 9.95. The van der Waals surface area contributed by atoms with Crippen molar-refractivity contribution in [2.75, 3.05) is 18.0 Å². The van der Waals surface area contributed by atoms with E-state index in [0.29, 0.717) is 18.8 Å². The van der Waals surface area contributed by atoms with Crippen molar-refractivity contribution in [2.24, 2.45) is 5.92 Å². The second-order valence-electron chi connectivity index (χ2n) is 4.11. The van der Waals surface area contributed by atoms with Crippen molar-refractivity contribution in [3.05, 3.63) is 34.4 Å². The Morgan fingerprint density at radius 2 is 2.12 bits per heavy atom. The van der Waals surface area contributed by atoms with Crippen molar-refractivity contribution in [3.8, 4) is 0 Å². The van der Waals surface area contributed by atoms with Gasteiger partial charge >= 0.3 is 5.97 Å². The van der Waals surface area contributed by atoms with E-state index >= 15 is 0 Å². The summed E-state index contributed by atoms with van der Waals surface area (Å²) >= 11 is 0. The van der Waals surface area contributed by atoms with E-state index in [1.54, 1.807) is 18.2 Å². The molecule has 6 heteroatoms. The van der Waals surface area contributed by atoms with Gasteiger partial charge in [0.1, 0.15) is 5.69 Å². The molecule has 0 amide bonds. The maximum absolute atomic E-state index is 10.8. The van der Waals surface area contributed by atoms with Crippen LogP contribution in [0.5, 0.6) is 0 Å². The van der Waals surface area contributed by atoms with E-state index in [-0.39, 0.29) is 18.0 Å². The Morgan fingerprint density at radius 1 is 1.47 bits per heavy atom. The molecular formula is C11H12N2O4. The van der Waals surface area contributed by atoms with Gasteiger partial charge in [-0.2, -0.15) is 0 Å². The summed E-state index contributed by atoms with van der Waals surface area (Å²) < 4.78 is 0. The first kappa shape index (κ1) is 11.4. The molecule has 0 bridgehead atoms. The monoisotopic (exact) mass is 236 g/mol. The third-order valence-electron chi connectivity index (χ3n) is 2.84. The number of benzene rings is 1. The summed E-state index contributed by atoms with van der Waals surface area (Å²) in [5, 5.41) is 19.4. The molecule has 1 fully saturated rings. The number of carboxylic acid groups (broad SMARTS) is 1. The minimum Gasteiger partial charge on any atom is -0.481 e. The number of nitro benzene ring substituents is 1. The van der Waals surface area contributed by atoms with Gasteiger partial charge in [0.05, 0.1) is 11.3 Å². The van der Waals surface area contributed by atoms with Gasteiger partial charge < -0.3 is 10.0 Å². The molecular weight excluding hydrogens is 224 g/mol. The number of nitrogens with zero attached hydrogens (tertiary/aromatic N) is 2. The van der Waals surface area contributed by atoms with E-state index in [2.05, 4.69) is 0 Å². The molecule has 1 N–H and O–H groups in total. The number of nitro groups is 1. The fourth-order valence-electron chi connectivity index (χ4n) is 2.03.